The molecule has 0 aromatic heterocycles. The van der Waals surface area contributed by atoms with Gasteiger partial charge in [0.05, 0.1) is 12.1 Å². The van der Waals surface area contributed by atoms with E-state index < -0.39 is 0 Å². The van der Waals surface area contributed by atoms with Gasteiger partial charge in [0, 0.05) is 42.6 Å². The van der Waals surface area contributed by atoms with Crippen LogP contribution in [0.2, 0.25) is 10.0 Å². The third-order valence-electron chi connectivity index (χ3n) is 4.14. The first-order valence-electron chi connectivity index (χ1n) is 7.97. The molecule has 3 rings (SSSR count). The van der Waals surface area contributed by atoms with Gasteiger partial charge >= 0.3 is 6.03 Å². The highest BCUT2D eigenvalue weighted by Crippen LogP contribution is 2.29. The van der Waals surface area contributed by atoms with Gasteiger partial charge in [-0.15, -0.1) is 0 Å². The number of nitrogens with zero attached hydrogens (tertiary/aromatic N) is 2. The molecule has 0 aliphatic carbocycles. The average Bonchev–Trinajstić information content (AvgIpc) is 2.62. The SMILES string of the molecule is COc1ccc(N2CCN(C(=O)Nc3cccc(Cl)c3)CC2)cc1Cl. The maximum absolute atomic E-state index is 12.4. The minimum absolute atomic E-state index is 0.116. The molecule has 5 nitrogen and oxygen atoms in total. The Hall–Kier alpha value is -2.11. The smallest absolute Gasteiger partial charge is 0.321 e. The number of piperazine rings is 1. The third kappa shape index (κ3) is 4.30. The quantitative estimate of drug-likeness (QED) is 0.861. The molecule has 0 radical (unpaired) electrons. The Morgan fingerprint density at radius 3 is 2.48 bits per heavy atom. The fraction of sp³-hybridized carbons (Fsp3) is 0.278. The first-order chi connectivity index (χ1) is 12.1. The van der Waals surface area contributed by atoms with Crippen LogP contribution < -0.4 is 15.0 Å². The van der Waals surface area contributed by atoms with Crippen molar-refractivity contribution in [2.24, 2.45) is 0 Å². The summed E-state index contributed by atoms with van der Waals surface area (Å²) in [5.74, 6) is 0.657. The molecule has 2 aromatic rings. The predicted molar refractivity (Wildman–Crippen MR) is 102 cm³/mol. The van der Waals surface area contributed by atoms with E-state index in [-0.39, 0.29) is 6.03 Å². The average molecular weight is 380 g/mol. The highest BCUT2D eigenvalue weighted by molar-refractivity contribution is 6.32. The number of amides is 2. The Balaban J connectivity index is 1.58. The molecular weight excluding hydrogens is 361 g/mol. The fourth-order valence-corrected chi connectivity index (χ4v) is 3.23. The molecule has 1 fully saturated rings. The zero-order valence-corrected chi connectivity index (χ0v) is 15.3. The molecule has 132 valence electrons. The number of ether oxygens (including phenoxy) is 1. The van der Waals surface area contributed by atoms with Crippen molar-refractivity contribution >= 4 is 40.6 Å². The topological polar surface area (TPSA) is 44.8 Å². The number of hydrogen-bond donors (Lipinski definition) is 1. The summed E-state index contributed by atoms with van der Waals surface area (Å²) in [4.78, 5) is 16.4. The largest absolute Gasteiger partial charge is 0.495 e. The first kappa shape index (κ1) is 17.7. The number of rotatable bonds is 3. The van der Waals surface area contributed by atoms with E-state index >= 15 is 0 Å². The number of nitrogens with one attached hydrogen (secondary N) is 1. The van der Waals surface area contributed by atoms with E-state index in [4.69, 9.17) is 27.9 Å². The first-order valence-corrected chi connectivity index (χ1v) is 8.72. The predicted octanol–water partition coefficient (Wildman–Crippen LogP) is 4.36. The monoisotopic (exact) mass is 379 g/mol. The van der Waals surface area contributed by atoms with Crippen LogP contribution in [0, 0.1) is 0 Å². The molecule has 1 aliphatic rings. The van der Waals surface area contributed by atoms with Crippen molar-refractivity contribution < 1.29 is 9.53 Å². The molecule has 1 N–H and O–H groups in total. The third-order valence-corrected chi connectivity index (χ3v) is 4.67. The van der Waals surface area contributed by atoms with E-state index in [9.17, 15) is 4.79 Å². The molecule has 7 heteroatoms. The molecule has 1 saturated heterocycles. The van der Waals surface area contributed by atoms with Gasteiger partial charge in [-0.25, -0.2) is 4.79 Å². The molecule has 0 unspecified atom stereocenters. The summed E-state index contributed by atoms with van der Waals surface area (Å²) in [6.07, 6.45) is 0. The van der Waals surface area contributed by atoms with Crippen LogP contribution in [-0.2, 0) is 0 Å². The van der Waals surface area contributed by atoms with Crippen LogP contribution >= 0.6 is 23.2 Å². The van der Waals surface area contributed by atoms with Crippen molar-refractivity contribution in [3.63, 3.8) is 0 Å². The molecule has 1 heterocycles. The molecule has 0 spiro atoms. The van der Waals surface area contributed by atoms with Gasteiger partial charge in [-0.05, 0) is 36.4 Å². The lowest BCUT2D eigenvalue weighted by Gasteiger charge is -2.36. The van der Waals surface area contributed by atoms with Crippen LogP contribution in [0.15, 0.2) is 42.5 Å². The lowest BCUT2D eigenvalue weighted by Crippen LogP contribution is -2.50. The fourth-order valence-electron chi connectivity index (χ4n) is 2.79. The summed E-state index contributed by atoms with van der Waals surface area (Å²) in [5, 5.41) is 4.06. The molecule has 0 atom stereocenters. The number of benzene rings is 2. The van der Waals surface area contributed by atoms with Crippen LogP contribution in [0.3, 0.4) is 0 Å². The lowest BCUT2D eigenvalue weighted by atomic mass is 10.2. The van der Waals surface area contributed by atoms with Crippen molar-refractivity contribution in [2.45, 2.75) is 0 Å². The standard InChI is InChI=1S/C18H19Cl2N3O2/c1-25-17-6-5-15(12-16(17)20)22-7-9-23(10-8-22)18(24)21-14-4-2-3-13(19)11-14/h2-6,11-12H,7-10H2,1H3,(H,21,24). The Bertz CT molecular complexity index is 762. The molecular formula is C18H19Cl2N3O2. The van der Waals surface area contributed by atoms with Gasteiger partial charge < -0.3 is 19.9 Å². The number of methoxy groups -OCH3 is 1. The molecule has 0 saturated carbocycles. The second-order valence-electron chi connectivity index (χ2n) is 5.73. The zero-order chi connectivity index (χ0) is 17.8. The van der Waals surface area contributed by atoms with Gasteiger partial charge in [0.25, 0.3) is 0 Å². The molecule has 2 amide bonds. The zero-order valence-electron chi connectivity index (χ0n) is 13.8. The number of carbonyl (C=O) groups excluding carboxylic acids is 1. The summed E-state index contributed by atoms with van der Waals surface area (Å²) < 4.78 is 5.18. The van der Waals surface area contributed by atoms with Crippen LogP contribution in [0.4, 0.5) is 16.2 Å². The number of halogens is 2. The maximum atomic E-state index is 12.4. The maximum Gasteiger partial charge on any atom is 0.321 e. The molecule has 2 aromatic carbocycles. The van der Waals surface area contributed by atoms with E-state index in [0.717, 1.165) is 18.8 Å². The summed E-state index contributed by atoms with van der Waals surface area (Å²) >= 11 is 12.1. The van der Waals surface area contributed by atoms with E-state index in [1.54, 1.807) is 24.1 Å². The summed E-state index contributed by atoms with van der Waals surface area (Å²) in [5.41, 5.74) is 1.72. The normalized spacial score (nSPS) is 14.4. The van der Waals surface area contributed by atoms with Crippen LogP contribution in [0.1, 0.15) is 0 Å². The number of urea groups is 1. The van der Waals surface area contributed by atoms with E-state index in [2.05, 4.69) is 10.2 Å². The summed E-state index contributed by atoms with van der Waals surface area (Å²) in [6.45, 7) is 2.75. The Kier molecular flexibility index (Phi) is 5.56. The summed E-state index contributed by atoms with van der Waals surface area (Å²) in [7, 11) is 1.60. The van der Waals surface area contributed by atoms with Gasteiger partial charge in [0.1, 0.15) is 5.75 Å². The van der Waals surface area contributed by atoms with Gasteiger partial charge in [0.2, 0.25) is 0 Å². The minimum atomic E-state index is -0.116. The number of carbonyl (C=O) groups is 1. The molecule has 25 heavy (non-hydrogen) atoms. The van der Waals surface area contributed by atoms with Crippen molar-refractivity contribution in [3.8, 4) is 5.75 Å². The van der Waals surface area contributed by atoms with Crippen LogP contribution in [-0.4, -0.2) is 44.2 Å². The van der Waals surface area contributed by atoms with Gasteiger partial charge in [-0.3, -0.25) is 0 Å². The molecule has 1 aliphatic heterocycles. The van der Waals surface area contributed by atoms with Crippen LogP contribution in [0.5, 0.6) is 5.75 Å². The van der Waals surface area contributed by atoms with Gasteiger partial charge in [-0.1, -0.05) is 29.3 Å². The van der Waals surface area contributed by atoms with Crippen molar-refractivity contribution in [1.29, 1.82) is 0 Å². The van der Waals surface area contributed by atoms with Gasteiger partial charge in [0.15, 0.2) is 0 Å². The second-order valence-corrected chi connectivity index (χ2v) is 6.58. The second kappa shape index (κ2) is 7.85. The highest BCUT2D eigenvalue weighted by Gasteiger charge is 2.22. The minimum Gasteiger partial charge on any atom is -0.495 e. The van der Waals surface area contributed by atoms with Crippen LogP contribution in [0.25, 0.3) is 0 Å². The number of hydrogen-bond acceptors (Lipinski definition) is 3. The highest BCUT2D eigenvalue weighted by atomic mass is 35.5. The van der Waals surface area contributed by atoms with E-state index in [1.165, 1.54) is 0 Å². The Morgan fingerprint density at radius 1 is 1.08 bits per heavy atom. The van der Waals surface area contributed by atoms with Gasteiger partial charge in [-0.2, -0.15) is 0 Å². The van der Waals surface area contributed by atoms with Crippen molar-refractivity contribution in [1.82, 2.24) is 4.90 Å². The Labute approximate surface area is 157 Å². The Morgan fingerprint density at radius 2 is 1.84 bits per heavy atom. The lowest BCUT2D eigenvalue weighted by molar-refractivity contribution is 0.208. The molecule has 0 bridgehead atoms. The van der Waals surface area contributed by atoms with E-state index in [1.807, 2.05) is 30.3 Å². The van der Waals surface area contributed by atoms with Crippen molar-refractivity contribution in [2.75, 3.05) is 43.5 Å². The number of anilines is 2. The summed E-state index contributed by atoms with van der Waals surface area (Å²) in [6, 6.07) is 12.7. The van der Waals surface area contributed by atoms with E-state index in [0.29, 0.717) is 34.6 Å². The van der Waals surface area contributed by atoms with Crippen molar-refractivity contribution in [3.05, 3.63) is 52.5 Å².